The SMILES string of the molecule is Cc1cn([C@@H]2CCN(CC3CCNCC3)CC2(F)F)c2ncc(N3CCC(=O)NC3=O)cc12. The quantitative estimate of drug-likeness (QED) is 0.733. The fraction of sp³-hybridized carbons (Fsp3) is 0.609. The lowest BCUT2D eigenvalue weighted by Crippen LogP contribution is -2.51. The van der Waals surface area contributed by atoms with Gasteiger partial charge < -0.3 is 9.88 Å². The second-order valence-corrected chi connectivity index (χ2v) is 9.53. The van der Waals surface area contributed by atoms with Crippen molar-refractivity contribution in [2.75, 3.05) is 44.2 Å². The molecule has 0 radical (unpaired) electrons. The highest BCUT2D eigenvalue weighted by Gasteiger charge is 2.46. The predicted octanol–water partition coefficient (Wildman–Crippen LogP) is 2.67. The number of carbonyl (C=O) groups is 2. The van der Waals surface area contributed by atoms with Crippen molar-refractivity contribution in [3.05, 3.63) is 24.0 Å². The predicted molar refractivity (Wildman–Crippen MR) is 121 cm³/mol. The van der Waals surface area contributed by atoms with Gasteiger partial charge in [-0.3, -0.25) is 19.9 Å². The number of hydrogen-bond donors (Lipinski definition) is 2. The third kappa shape index (κ3) is 4.33. The summed E-state index contributed by atoms with van der Waals surface area (Å²) in [7, 11) is 0. The molecule has 5 rings (SSSR count). The Balaban J connectivity index is 1.36. The van der Waals surface area contributed by atoms with Gasteiger partial charge in [-0.2, -0.15) is 0 Å². The van der Waals surface area contributed by atoms with E-state index in [1.54, 1.807) is 16.8 Å². The number of imide groups is 1. The summed E-state index contributed by atoms with van der Waals surface area (Å²) in [6.45, 7) is 5.21. The Hall–Kier alpha value is -2.59. The van der Waals surface area contributed by atoms with Crippen LogP contribution in [0.4, 0.5) is 19.3 Å². The Morgan fingerprint density at radius 2 is 1.97 bits per heavy atom. The second kappa shape index (κ2) is 8.64. The van der Waals surface area contributed by atoms with Crippen LogP contribution < -0.4 is 15.5 Å². The Morgan fingerprint density at radius 3 is 2.70 bits per heavy atom. The van der Waals surface area contributed by atoms with E-state index in [1.165, 1.54) is 11.1 Å². The van der Waals surface area contributed by atoms with Gasteiger partial charge in [0.15, 0.2) is 0 Å². The van der Waals surface area contributed by atoms with Gasteiger partial charge in [0.1, 0.15) is 11.7 Å². The number of halogens is 2. The van der Waals surface area contributed by atoms with E-state index >= 15 is 8.78 Å². The van der Waals surface area contributed by atoms with Gasteiger partial charge in [0, 0.05) is 37.6 Å². The molecular formula is C23H30F2N6O2. The van der Waals surface area contributed by atoms with Crippen LogP contribution in [0.15, 0.2) is 18.5 Å². The van der Waals surface area contributed by atoms with E-state index < -0.39 is 18.0 Å². The molecule has 0 unspecified atom stereocenters. The third-order valence-corrected chi connectivity index (χ3v) is 7.17. The van der Waals surface area contributed by atoms with Crippen LogP contribution in [0, 0.1) is 12.8 Å². The van der Waals surface area contributed by atoms with Gasteiger partial charge in [-0.05, 0) is 56.8 Å². The number of urea groups is 1. The number of carbonyl (C=O) groups excluding carboxylic acids is 2. The number of fused-ring (bicyclic) bond motifs is 1. The average molecular weight is 461 g/mol. The average Bonchev–Trinajstić information content (AvgIpc) is 3.09. The Bertz CT molecular complexity index is 1060. The number of rotatable bonds is 4. The minimum Gasteiger partial charge on any atom is -0.323 e. The van der Waals surface area contributed by atoms with E-state index in [9.17, 15) is 9.59 Å². The standard InChI is InChI=1S/C23H30F2N6O2/c1-15-12-31(19-4-8-29(14-23(19,24)25)13-16-2-6-26-7-3-16)21-18(15)10-17(11-27-21)30-9-5-20(32)28-22(30)33/h10-12,16,19,26H,2-9,13-14H2,1H3,(H,28,32,33)/t19-/m1/s1. The maximum Gasteiger partial charge on any atom is 0.328 e. The molecule has 0 bridgehead atoms. The van der Waals surface area contributed by atoms with E-state index in [0.29, 0.717) is 30.2 Å². The minimum absolute atomic E-state index is 0.214. The molecule has 10 heteroatoms. The number of likely N-dealkylation sites (tertiary alicyclic amines) is 1. The number of anilines is 1. The van der Waals surface area contributed by atoms with E-state index in [1.807, 2.05) is 11.8 Å². The first-order chi connectivity index (χ1) is 15.8. The Kier molecular flexibility index (Phi) is 5.82. The molecule has 3 fully saturated rings. The number of alkyl halides is 2. The summed E-state index contributed by atoms with van der Waals surface area (Å²) in [5.74, 6) is -2.69. The molecule has 2 N–H and O–H groups in total. The highest BCUT2D eigenvalue weighted by atomic mass is 19.3. The van der Waals surface area contributed by atoms with Crippen LogP contribution >= 0.6 is 0 Å². The molecule has 5 heterocycles. The topological polar surface area (TPSA) is 82.5 Å². The zero-order chi connectivity index (χ0) is 23.2. The molecule has 3 aliphatic rings. The van der Waals surface area contributed by atoms with Crippen molar-refractivity contribution in [2.45, 2.75) is 44.6 Å². The molecule has 0 saturated carbocycles. The lowest BCUT2D eigenvalue weighted by atomic mass is 9.94. The van der Waals surface area contributed by atoms with Gasteiger partial charge in [0.25, 0.3) is 5.92 Å². The van der Waals surface area contributed by atoms with Crippen LogP contribution in [-0.2, 0) is 4.79 Å². The van der Waals surface area contributed by atoms with Gasteiger partial charge in [-0.1, -0.05) is 0 Å². The van der Waals surface area contributed by atoms with Gasteiger partial charge in [0.2, 0.25) is 5.91 Å². The summed E-state index contributed by atoms with van der Waals surface area (Å²) >= 11 is 0. The first-order valence-electron chi connectivity index (χ1n) is 11.7. The molecule has 3 saturated heterocycles. The molecular weight excluding hydrogens is 430 g/mol. The van der Waals surface area contributed by atoms with E-state index in [2.05, 4.69) is 15.6 Å². The number of pyridine rings is 1. The fourth-order valence-electron chi connectivity index (χ4n) is 5.40. The van der Waals surface area contributed by atoms with Gasteiger partial charge >= 0.3 is 6.03 Å². The van der Waals surface area contributed by atoms with Crippen LogP contribution in [-0.4, -0.2) is 71.6 Å². The monoisotopic (exact) mass is 460 g/mol. The highest BCUT2D eigenvalue weighted by Crippen LogP contribution is 2.40. The lowest BCUT2D eigenvalue weighted by molar-refractivity contribution is -0.120. The zero-order valence-electron chi connectivity index (χ0n) is 18.8. The number of hydrogen-bond acceptors (Lipinski definition) is 5. The largest absolute Gasteiger partial charge is 0.328 e. The number of aryl methyl sites for hydroxylation is 1. The number of nitrogens with zero attached hydrogens (tertiary/aromatic N) is 4. The molecule has 3 amide bonds. The summed E-state index contributed by atoms with van der Waals surface area (Å²) in [4.78, 5) is 31.5. The number of nitrogens with one attached hydrogen (secondary N) is 2. The molecule has 178 valence electrons. The minimum atomic E-state index is -2.86. The summed E-state index contributed by atoms with van der Waals surface area (Å²) in [6.07, 6.45) is 5.94. The van der Waals surface area contributed by atoms with Crippen molar-refractivity contribution in [3.8, 4) is 0 Å². The van der Waals surface area contributed by atoms with Crippen molar-refractivity contribution >= 4 is 28.7 Å². The molecule has 1 atom stereocenters. The van der Waals surface area contributed by atoms with Gasteiger partial charge in [-0.15, -0.1) is 0 Å². The summed E-state index contributed by atoms with van der Waals surface area (Å²) in [5.41, 5.74) is 1.89. The molecule has 33 heavy (non-hydrogen) atoms. The number of piperidine rings is 2. The molecule has 2 aromatic rings. The smallest absolute Gasteiger partial charge is 0.323 e. The first-order valence-corrected chi connectivity index (χ1v) is 11.7. The molecule has 8 nitrogen and oxygen atoms in total. The highest BCUT2D eigenvalue weighted by molar-refractivity contribution is 6.06. The van der Waals surface area contributed by atoms with E-state index in [4.69, 9.17) is 0 Å². The molecule has 0 aromatic carbocycles. The van der Waals surface area contributed by atoms with Gasteiger partial charge in [-0.25, -0.2) is 18.6 Å². The molecule has 0 aliphatic carbocycles. The van der Waals surface area contributed by atoms with Crippen molar-refractivity contribution in [1.82, 2.24) is 25.1 Å². The Labute approximate surface area is 191 Å². The van der Waals surface area contributed by atoms with Crippen molar-refractivity contribution in [3.63, 3.8) is 0 Å². The Morgan fingerprint density at radius 1 is 1.18 bits per heavy atom. The lowest BCUT2D eigenvalue weighted by Gasteiger charge is -2.40. The van der Waals surface area contributed by atoms with E-state index in [0.717, 1.165) is 43.4 Å². The second-order valence-electron chi connectivity index (χ2n) is 9.53. The number of amides is 3. The third-order valence-electron chi connectivity index (χ3n) is 7.17. The fourth-order valence-corrected chi connectivity index (χ4v) is 5.40. The van der Waals surface area contributed by atoms with Crippen molar-refractivity contribution in [1.29, 1.82) is 0 Å². The van der Waals surface area contributed by atoms with Crippen LogP contribution in [0.5, 0.6) is 0 Å². The van der Waals surface area contributed by atoms with Crippen LogP contribution in [0.3, 0.4) is 0 Å². The van der Waals surface area contributed by atoms with Crippen LogP contribution in [0.25, 0.3) is 11.0 Å². The maximum absolute atomic E-state index is 15.4. The zero-order valence-corrected chi connectivity index (χ0v) is 18.8. The van der Waals surface area contributed by atoms with Crippen molar-refractivity contribution < 1.29 is 18.4 Å². The van der Waals surface area contributed by atoms with Crippen LogP contribution in [0.2, 0.25) is 0 Å². The summed E-state index contributed by atoms with van der Waals surface area (Å²) < 4.78 is 32.3. The number of aromatic nitrogens is 2. The molecule has 0 spiro atoms. The molecule has 3 aliphatic heterocycles. The summed E-state index contributed by atoms with van der Waals surface area (Å²) in [6, 6.07) is 0.359. The summed E-state index contributed by atoms with van der Waals surface area (Å²) in [5, 5.41) is 6.37. The van der Waals surface area contributed by atoms with Crippen molar-refractivity contribution in [2.24, 2.45) is 5.92 Å². The van der Waals surface area contributed by atoms with Gasteiger partial charge in [0.05, 0.1) is 18.4 Å². The normalized spacial score (nSPS) is 24.9. The first kappa shape index (κ1) is 22.2. The maximum atomic E-state index is 15.4. The van der Waals surface area contributed by atoms with Crippen LogP contribution in [0.1, 0.15) is 37.3 Å². The van der Waals surface area contributed by atoms with E-state index in [-0.39, 0.29) is 25.4 Å². The molecule has 2 aromatic heterocycles.